The maximum absolute atomic E-state index is 11.6. The number of nitrogens with two attached hydrogens (primary N) is 1. The van der Waals surface area contributed by atoms with Gasteiger partial charge in [0.05, 0.1) is 5.92 Å². The Kier molecular flexibility index (Phi) is 2.85. The minimum Gasteiger partial charge on any atom is -0.369 e. The Morgan fingerprint density at radius 3 is 3.00 bits per heavy atom. The molecule has 0 spiro atoms. The smallest absolute Gasteiger partial charge is 0.223 e. The van der Waals surface area contributed by atoms with Crippen LogP contribution in [0.25, 0.3) is 0 Å². The van der Waals surface area contributed by atoms with Crippen LogP contribution in [-0.2, 0) is 16.1 Å². The van der Waals surface area contributed by atoms with Crippen LogP contribution in [0.15, 0.2) is 24.5 Å². The van der Waals surface area contributed by atoms with Crippen molar-refractivity contribution in [3.05, 3.63) is 30.1 Å². The first kappa shape index (κ1) is 10.6. The highest BCUT2D eigenvalue weighted by molar-refractivity contribution is 5.88. The number of carbonyl (C=O) groups excluding carboxylic acids is 2. The number of hydrogen-bond acceptors (Lipinski definition) is 3. The summed E-state index contributed by atoms with van der Waals surface area (Å²) in [6, 6.07) is 3.72. The minimum atomic E-state index is -0.401. The second-order valence-corrected chi connectivity index (χ2v) is 3.94. The fourth-order valence-corrected chi connectivity index (χ4v) is 1.83. The lowest BCUT2D eigenvalue weighted by atomic mass is 10.1. The molecule has 0 radical (unpaired) electrons. The van der Waals surface area contributed by atoms with Crippen molar-refractivity contribution >= 4 is 11.8 Å². The van der Waals surface area contributed by atoms with Crippen LogP contribution in [0.1, 0.15) is 12.0 Å². The summed E-state index contributed by atoms with van der Waals surface area (Å²) in [5.74, 6) is -0.765. The highest BCUT2D eigenvalue weighted by Crippen LogP contribution is 2.19. The van der Waals surface area contributed by atoms with E-state index in [1.807, 2.05) is 12.1 Å². The van der Waals surface area contributed by atoms with Gasteiger partial charge < -0.3 is 10.6 Å². The number of carbonyl (C=O) groups is 2. The molecule has 5 heteroatoms. The van der Waals surface area contributed by atoms with Gasteiger partial charge in [-0.25, -0.2) is 0 Å². The Balaban J connectivity index is 2.02. The normalized spacial score (nSPS) is 20.1. The fourth-order valence-electron chi connectivity index (χ4n) is 1.83. The average molecular weight is 219 g/mol. The number of likely N-dealkylation sites (tertiary alicyclic amines) is 1. The first-order valence-corrected chi connectivity index (χ1v) is 5.13. The molecule has 0 aliphatic carbocycles. The van der Waals surface area contributed by atoms with E-state index in [2.05, 4.69) is 4.98 Å². The van der Waals surface area contributed by atoms with Gasteiger partial charge in [-0.2, -0.15) is 0 Å². The van der Waals surface area contributed by atoms with Crippen LogP contribution in [0, 0.1) is 5.92 Å². The summed E-state index contributed by atoms with van der Waals surface area (Å²) in [6.45, 7) is 0.916. The summed E-state index contributed by atoms with van der Waals surface area (Å²) in [5.41, 5.74) is 6.14. The van der Waals surface area contributed by atoms with Gasteiger partial charge in [0.2, 0.25) is 11.8 Å². The predicted octanol–water partition coefficient (Wildman–Crippen LogP) is -0.0846. The van der Waals surface area contributed by atoms with E-state index in [0.717, 1.165) is 5.56 Å². The molecule has 1 aromatic heterocycles. The summed E-state index contributed by atoms with van der Waals surface area (Å²) in [5, 5.41) is 0. The van der Waals surface area contributed by atoms with Gasteiger partial charge in [0.1, 0.15) is 0 Å². The second-order valence-electron chi connectivity index (χ2n) is 3.94. The van der Waals surface area contributed by atoms with Crippen LogP contribution in [0.3, 0.4) is 0 Å². The molecule has 0 saturated carbocycles. The van der Waals surface area contributed by atoms with Gasteiger partial charge in [-0.05, 0) is 11.6 Å². The standard InChI is InChI=1S/C11H13N3O2/c12-11(16)9-4-10(15)14(7-9)6-8-2-1-3-13-5-8/h1-3,5,9H,4,6-7H2,(H2,12,16). The van der Waals surface area contributed by atoms with E-state index in [4.69, 9.17) is 5.73 Å². The number of primary amides is 1. The zero-order chi connectivity index (χ0) is 11.5. The lowest BCUT2D eigenvalue weighted by molar-refractivity contribution is -0.128. The average Bonchev–Trinajstić information content (AvgIpc) is 2.62. The Morgan fingerprint density at radius 1 is 1.62 bits per heavy atom. The number of pyridine rings is 1. The maximum atomic E-state index is 11.6. The van der Waals surface area contributed by atoms with E-state index in [0.29, 0.717) is 13.1 Å². The molecule has 1 atom stereocenters. The van der Waals surface area contributed by atoms with E-state index in [1.54, 1.807) is 17.3 Å². The summed E-state index contributed by atoms with van der Waals surface area (Å²) in [6.07, 6.45) is 3.63. The molecule has 5 nitrogen and oxygen atoms in total. The van der Waals surface area contributed by atoms with Gasteiger partial charge in [-0.1, -0.05) is 6.07 Å². The van der Waals surface area contributed by atoms with Crippen LogP contribution >= 0.6 is 0 Å². The molecule has 1 aliphatic heterocycles. The predicted molar refractivity (Wildman–Crippen MR) is 57.0 cm³/mol. The van der Waals surface area contributed by atoms with Gasteiger partial charge in [-0.3, -0.25) is 14.6 Å². The van der Waals surface area contributed by atoms with E-state index in [1.165, 1.54) is 0 Å². The first-order chi connectivity index (χ1) is 7.66. The van der Waals surface area contributed by atoms with Crippen LogP contribution in [0.2, 0.25) is 0 Å². The topological polar surface area (TPSA) is 76.3 Å². The molecule has 0 bridgehead atoms. The van der Waals surface area contributed by atoms with E-state index in [9.17, 15) is 9.59 Å². The van der Waals surface area contributed by atoms with Gasteiger partial charge >= 0.3 is 0 Å². The van der Waals surface area contributed by atoms with E-state index in [-0.39, 0.29) is 18.2 Å². The fraction of sp³-hybridized carbons (Fsp3) is 0.364. The van der Waals surface area contributed by atoms with E-state index < -0.39 is 5.91 Å². The van der Waals surface area contributed by atoms with Crippen molar-refractivity contribution in [3.8, 4) is 0 Å². The quantitative estimate of drug-likeness (QED) is 0.772. The Bertz CT molecular complexity index is 405. The third-order valence-corrected chi connectivity index (χ3v) is 2.71. The molecule has 0 aromatic carbocycles. The molecule has 2 rings (SSSR count). The molecule has 16 heavy (non-hydrogen) atoms. The summed E-state index contributed by atoms with van der Waals surface area (Å²) < 4.78 is 0. The van der Waals surface area contributed by atoms with Crippen molar-refractivity contribution in [2.45, 2.75) is 13.0 Å². The molecule has 1 fully saturated rings. The van der Waals surface area contributed by atoms with Crippen LogP contribution in [0.4, 0.5) is 0 Å². The Hall–Kier alpha value is -1.91. The van der Waals surface area contributed by atoms with Crippen molar-refractivity contribution in [3.63, 3.8) is 0 Å². The SMILES string of the molecule is NC(=O)C1CC(=O)N(Cc2cccnc2)C1. The maximum Gasteiger partial charge on any atom is 0.223 e. The Morgan fingerprint density at radius 2 is 2.44 bits per heavy atom. The molecule has 2 amide bonds. The molecule has 1 aromatic rings. The number of rotatable bonds is 3. The lowest BCUT2D eigenvalue weighted by Crippen LogP contribution is -2.28. The molecule has 2 N–H and O–H groups in total. The number of amides is 2. The van der Waals surface area contributed by atoms with Crippen LogP contribution in [0.5, 0.6) is 0 Å². The Labute approximate surface area is 93.3 Å². The van der Waals surface area contributed by atoms with Crippen molar-refractivity contribution in [1.29, 1.82) is 0 Å². The zero-order valence-corrected chi connectivity index (χ0v) is 8.80. The van der Waals surface area contributed by atoms with Gasteiger partial charge in [0.25, 0.3) is 0 Å². The summed E-state index contributed by atoms with van der Waals surface area (Å²) in [4.78, 5) is 28.2. The summed E-state index contributed by atoms with van der Waals surface area (Å²) >= 11 is 0. The lowest BCUT2D eigenvalue weighted by Gasteiger charge is -2.15. The number of nitrogens with zero attached hydrogens (tertiary/aromatic N) is 2. The van der Waals surface area contributed by atoms with Gasteiger partial charge in [0.15, 0.2) is 0 Å². The largest absolute Gasteiger partial charge is 0.369 e. The summed E-state index contributed by atoms with van der Waals surface area (Å²) in [7, 11) is 0. The number of hydrogen-bond donors (Lipinski definition) is 1. The molecular formula is C11H13N3O2. The molecule has 1 saturated heterocycles. The first-order valence-electron chi connectivity index (χ1n) is 5.13. The van der Waals surface area contributed by atoms with Crippen molar-refractivity contribution < 1.29 is 9.59 Å². The van der Waals surface area contributed by atoms with Gasteiger partial charge in [0, 0.05) is 31.9 Å². The highest BCUT2D eigenvalue weighted by Gasteiger charge is 2.32. The van der Waals surface area contributed by atoms with E-state index >= 15 is 0 Å². The molecule has 84 valence electrons. The molecule has 1 aliphatic rings. The molecular weight excluding hydrogens is 206 g/mol. The third kappa shape index (κ3) is 2.18. The van der Waals surface area contributed by atoms with Crippen LogP contribution in [-0.4, -0.2) is 28.2 Å². The molecule has 1 unspecified atom stereocenters. The number of aromatic nitrogens is 1. The highest BCUT2D eigenvalue weighted by atomic mass is 16.2. The van der Waals surface area contributed by atoms with Gasteiger partial charge in [-0.15, -0.1) is 0 Å². The van der Waals surface area contributed by atoms with Crippen molar-refractivity contribution in [2.24, 2.45) is 11.7 Å². The van der Waals surface area contributed by atoms with Crippen molar-refractivity contribution in [1.82, 2.24) is 9.88 Å². The zero-order valence-electron chi connectivity index (χ0n) is 8.80. The molecule has 2 heterocycles. The second kappa shape index (κ2) is 4.30. The minimum absolute atomic E-state index is 0.0207. The monoisotopic (exact) mass is 219 g/mol. The third-order valence-electron chi connectivity index (χ3n) is 2.71. The van der Waals surface area contributed by atoms with Crippen LogP contribution < -0.4 is 5.73 Å². The van der Waals surface area contributed by atoms with Crippen molar-refractivity contribution in [2.75, 3.05) is 6.54 Å².